The molecular formula is C14H18BrIN2O. The lowest BCUT2D eigenvalue weighted by molar-refractivity contribution is 0.0760. The molecule has 0 bridgehead atoms. The molecule has 0 aliphatic carbocycles. The van der Waals surface area contributed by atoms with E-state index in [-0.39, 0.29) is 5.91 Å². The van der Waals surface area contributed by atoms with Crippen LogP contribution >= 0.6 is 38.5 Å². The number of amides is 1. The monoisotopic (exact) mass is 436 g/mol. The second-order valence-electron chi connectivity index (χ2n) is 5.09. The third kappa shape index (κ3) is 3.70. The summed E-state index contributed by atoms with van der Waals surface area (Å²) in [6.45, 7) is 1.94. The Kier molecular flexibility index (Phi) is 5.25. The third-order valence-electron chi connectivity index (χ3n) is 3.66. The molecule has 0 spiro atoms. The summed E-state index contributed by atoms with van der Waals surface area (Å²) in [6.07, 6.45) is 2.42. The van der Waals surface area contributed by atoms with Gasteiger partial charge in [0.25, 0.3) is 5.91 Å². The van der Waals surface area contributed by atoms with Crippen molar-refractivity contribution in [3.8, 4) is 0 Å². The van der Waals surface area contributed by atoms with Gasteiger partial charge >= 0.3 is 0 Å². The zero-order valence-corrected chi connectivity index (χ0v) is 14.9. The molecule has 19 heavy (non-hydrogen) atoms. The van der Waals surface area contributed by atoms with Gasteiger partial charge < -0.3 is 9.80 Å². The van der Waals surface area contributed by atoms with Gasteiger partial charge in [-0.05, 0) is 67.2 Å². The van der Waals surface area contributed by atoms with E-state index in [1.165, 1.54) is 12.8 Å². The molecule has 1 heterocycles. The molecule has 104 valence electrons. The van der Waals surface area contributed by atoms with Crippen molar-refractivity contribution >= 4 is 44.4 Å². The summed E-state index contributed by atoms with van der Waals surface area (Å²) < 4.78 is 1.94. The minimum Gasteiger partial charge on any atom is -0.340 e. The summed E-state index contributed by atoms with van der Waals surface area (Å²) >= 11 is 5.64. The van der Waals surface area contributed by atoms with E-state index >= 15 is 0 Å². The van der Waals surface area contributed by atoms with Crippen molar-refractivity contribution in [2.75, 3.05) is 27.2 Å². The number of nitrogens with zero attached hydrogens (tertiary/aromatic N) is 2. The normalized spacial score (nSPS) is 19.7. The summed E-state index contributed by atoms with van der Waals surface area (Å²) in [5.41, 5.74) is 0.776. The predicted molar refractivity (Wildman–Crippen MR) is 89.5 cm³/mol. The van der Waals surface area contributed by atoms with E-state index in [0.717, 1.165) is 26.7 Å². The quantitative estimate of drug-likeness (QED) is 0.679. The molecule has 1 aliphatic rings. The summed E-state index contributed by atoms with van der Waals surface area (Å²) in [6, 6.07) is 6.33. The maximum atomic E-state index is 12.5. The van der Waals surface area contributed by atoms with E-state index < -0.39 is 0 Å². The highest BCUT2D eigenvalue weighted by Crippen LogP contribution is 2.21. The second-order valence-corrected chi connectivity index (χ2v) is 7.16. The van der Waals surface area contributed by atoms with E-state index in [0.29, 0.717) is 6.04 Å². The van der Waals surface area contributed by atoms with Crippen LogP contribution in [0.3, 0.4) is 0 Å². The number of hydrogen-bond donors (Lipinski definition) is 0. The molecule has 3 nitrogen and oxygen atoms in total. The van der Waals surface area contributed by atoms with Crippen molar-refractivity contribution in [2.24, 2.45) is 0 Å². The Bertz CT molecular complexity index is 481. The highest BCUT2D eigenvalue weighted by atomic mass is 127. The fourth-order valence-electron chi connectivity index (χ4n) is 2.48. The van der Waals surface area contributed by atoms with Gasteiger partial charge in [0.05, 0.1) is 5.56 Å². The lowest BCUT2D eigenvalue weighted by Gasteiger charge is -2.26. The summed E-state index contributed by atoms with van der Waals surface area (Å²) in [5.74, 6) is 0.103. The minimum absolute atomic E-state index is 0.103. The number of rotatable bonds is 3. The van der Waals surface area contributed by atoms with Gasteiger partial charge in [-0.1, -0.05) is 15.9 Å². The Balaban J connectivity index is 2.08. The summed E-state index contributed by atoms with van der Waals surface area (Å²) in [4.78, 5) is 16.7. The van der Waals surface area contributed by atoms with Crippen molar-refractivity contribution in [3.05, 3.63) is 31.8 Å². The molecule has 2 rings (SSSR count). The van der Waals surface area contributed by atoms with Crippen LogP contribution in [0, 0.1) is 3.57 Å². The molecule has 5 heteroatoms. The number of hydrogen-bond acceptors (Lipinski definition) is 2. The van der Waals surface area contributed by atoms with Crippen molar-refractivity contribution in [3.63, 3.8) is 0 Å². The molecule has 1 amide bonds. The van der Waals surface area contributed by atoms with Crippen LogP contribution in [0.5, 0.6) is 0 Å². The van der Waals surface area contributed by atoms with Crippen LogP contribution in [0.4, 0.5) is 0 Å². The second kappa shape index (κ2) is 6.54. The van der Waals surface area contributed by atoms with Crippen molar-refractivity contribution in [2.45, 2.75) is 18.9 Å². The van der Waals surface area contributed by atoms with Gasteiger partial charge in [-0.15, -0.1) is 0 Å². The number of likely N-dealkylation sites (N-methyl/N-ethyl adjacent to an activating group) is 2. The molecule has 0 radical (unpaired) electrons. The maximum absolute atomic E-state index is 12.5. The highest BCUT2D eigenvalue weighted by Gasteiger charge is 2.24. The van der Waals surface area contributed by atoms with Gasteiger partial charge in [0.15, 0.2) is 0 Å². The van der Waals surface area contributed by atoms with Crippen LogP contribution in [0.15, 0.2) is 22.7 Å². The van der Waals surface area contributed by atoms with Gasteiger partial charge in [-0.25, -0.2) is 0 Å². The molecule has 0 N–H and O–H groups in total. The van der Waals surface area contributed by atoms with Gasteiger partial charge in [-0.3, -0.25) is 4.79 Å². The van der Waals surface area contributed by atoms with Crippen LogP contribution in [0.1, 0.15) is 23.2 Å². The predicted octanol–water partition coefficient (Wildman–Crippen LogP) is 3.22. The van der Waals surface area contributed by atoms with Crippen molar-refractivity contribution < 1.29 is 4.79 Å². The average Bonchev–Trinajstić information content (AvgIpc) is 2.77. The maximum Gasteiger partial charge on any atom is 0.254 e. The number of benzene rings is 1. The SMILES string of the molecule is CN(CC1CCCN1C)C(=O)c1cc(Br)ccc1I. The first-order valence-electron chi connectivity index (χ1n) is 6.40. The zero-order chi connectivity index (χ0) is 14.0. The van der Waals surface area contributed by atoms with Gasteiger partial charge in [0.2, 0.25) is 0 Å². The largest absolute Gasteiger partial charge is 0.340 e. The van der Waals surface area contributed by atoms with E-state index in [9.17, 15) is 4.79 Å². The van der Waals surface area contributed by atoms with Crippen molar-refractivity contribution in [1.82, 2.24) is 9.80 Å². The van der Waals surface area contributed by atoms with Crippen LogP contribution in [-0.2, 0) is 0 Å². The smallest absolute Gasteiger partial charge is 0.254 e. The van der Waals surface area contributed by atoms with E-state index in [4.69, 9.17) is 0 Å². The first kappa shape index (κ1) is 15.3. The van der Waals surface area contributed by atoms with Gasteiger partial charge in [-0.2, -0.15) is 0 Å². The molecular weight excluding hydrogens is 419 g/mol. The number of carbonyl (C=O) groups is 1. The lowest BCUT2D eigenvalue weighted by atomic mass is 10.1. The Labute approximate surface area is 136 Å². The topological polar surface area (TPSA) is 23.6 Å². The van der Waals surface area contributed by atoms with E-state index in [1.54, 1.807) is 0 Å². The van der Waals surface area contributed by atoms with Gasteiger partial charge in [0.1, 0.15) is 0 Å². The highest BCUT2D eigenvalue weighted by molar-refractivity contribution is 14.1. The Hall–Kier alpha value is -0.140. The lowest BCUT2D eigenvalue weighted by Crippen LogP contribution is -2.39. The molecule has 1 atom stereocenters. The fourth-order valence-corrected chi connectivity index (χ4v) is 3.40. The Morgan fingerprint density at radius 3 is 2.95 bits per heavy atom. The van der Waals surface area contributed by atoms with E-state index in [2.05, 4.69) is 50.5 Å². The summed E-state index contributed by atoms with van der Waals surface area (Å²) in [7, 11) is 4.03. The van der Waals surface area contributed by atoms with Crippen LogP contribution < -0.4 is 0 Å². The average molecular weight is 437 g/mol. The zero-order valence-electron chi connectivity index (χ0n) is 11.2. The Morgan fingerprint density at radius 1 is 1.58 bits per heavy atom. The first-order valence-corrected chi connectivity index (χ1v) is 8.27. The summed E-state index contributed by atoms with van der Waals surface area (Å²) in [5, 5.41) is 0. The number of halogens is 2. The first-order chi connectivity index (χ1) is 8.99. The minimum atomic E-state index is 0.103. The van der Waals surface area contributed by atoms with Gasteiger partial charge in [0, 0.05) is 27.7 Å². The third-order valence-corrected chi connectivity index (χ3v) is 5.10. The molecule has 1 aromatic rings. The molecule has 0 saturated carbocycles. The Morgan fingerprint density at radius 2 is 2.32 bits per heavy atom. The molecule has 1 aromatic carbocycles. The molecule has 1 unspecified atom stereocenters. The van der Waals surface area contributed by atoms with Crippen LogP contribution in [0.2, 0.25) is 0 Å². The number of carbonyl (C=O) groups excluding carboxylic acids is 1. The molecule has 0 aromatic heterocycles. The van der Waals surface area contributed by atoms with Crippen molar-refractivity contribution in [1.29, 1.82) is 0 Å². The molecule has 1 saturated heterocycles. The van der Waals surface area contributed by atoms with Crippen LogP contribution in [0.25, 0.3) is 0 Å². The standard InChI is InChI=1S/C14H18BrIN2O/c1-17-7-3-4-11(17)9-18(2)14(19)12-8-10(15)5-6-13(12)16/h5-6,8,11H,3-4,7,9H2,1-2H3. The molecule has 1 aliphatic heterocycles. The fraction of sp³-hybridized carbons (Fsp3) is 0.500. The van der Waals surface area contributed by atoms with E-state index in [1.807, 2.05) is 30.1 Å². The molecule has 1 fully saturated rings. The number of likely N-dealkylation sites (tertiary alicyclic amines) is 1. The van der Waals surface area contributed by atoms with Crippen LogP contribution in [-0.4, -0.2) is 48.9 Å².